The van der Waals surface area contributed by atoms with Crippen LogP contribution >= 0.6 is 0 Å². The Morgan fingerprint density at radius 2 is 1.80 bits per heavy atom. The topological polar surface area (TPSA) is 171 Å². The molecule has 4 N–H and O–H groups in total. The lowest BCUT2D eigenvalue weighted by Crippen LogP contribution is -2.74. The minimum Gasteiger partial charge on any atom is -0.507 e. The van der Waals surface area contributed by atoms with Crippen molar-refractivity contribution in [3.8, 4) is 11.5 Å². The molecule has 1 aliphatic heterocycles. The van der Waals surface area contributed by atoms with E-state index in [1.165, 1.54) is 4.90 Å². The molecule has 1 heterocycles. The van der Waals surface area contributed by atoms with E-state index in [4.69, 9.17) is 10.5 Å². The van der Waals surface area contributed by atoms with Gasteiger partial charge in [0.1, 0.15) is 18.1 Å². The van der Waals surface area contributed by atoms with Crippen LogP contribution < -0.4 is 10.5 Å². The molecule has 12 nitrogen and oxygen atoms in total. The van der Waals surface area contributed by atoms with E-state index in [9.17, 15) is 34.2 Å². The van der Waals surface area contributed by atoms with Crippen LogP contribution in [0.2, 0.25) is 0 Å². The summed E-state index contributed by atoms with van der Waals surface area (Å²) < 4.78 is 6.33. The van der Waals surface area contributed by atoms with Gasteiger partial charge < -0.3 is 25.6 Å². The maximum atomic E-state index is 14.4. The molecule has 6 rings (SSSR count). The van der Waals surface area contributed by atoms with Gasteiger partial charge in [-0.05, 0) is 78.1 Å². The molecule has 0 radical (unpaired) electrons. The minimum absolute atomic E-state index is 0.0192. The molecular formula is C33H40N4O8. The van der Waals surface area contributed by atoms with Gasteiger partial charge in [-0.2, -0.15) is 0 Å². The quantitative estimate of drug-likeness (QED) is 0.344. The maximum absolute atomic E-state index is 14.4. The number of likely N-dealkylation sites (N-methyl/N-ethyl adjacent to an activating group) is 2. The second-order valence-corrected chi connectivity index (χ2v) is 13.5. The number of ketones is 4. The Bertz CT molecular complexity index is 1630. The summed E-state index contributed by atoms with van der Waals surface area (Å²) >= 11 is 0. The minimum atomic E-state index is -2.77. The van der Waals surface area contributed by atoms with Crippen LogP contribution in [-0.4, -0.2) is 120 Å². The Hall–Kier alpha value is -3.71. The number of Topliss-reactive ketones (excluding diaryl/α,β-unsaturated/α-hetero) is 4. The fourth-order valence-corrected chi connectivity index (χ4v) is 7.87. The van der Waals surface area contributed by atoms with Crippen LogP contribution in [0.1, 0.15) is 34.3 Å². The molecule has 6 unspecified atom stereocenters. The first-order valence-corrected chi connectivity index (χ1v) is 15.4. The number of amides is 1. The molecule has 0 bridgehead atoms. The van der Waals surface area contributed by atoms with E-state index >= 15 is 0 Å². The second kappa shape index (κ2) is 11.3. The Balaban J connectivity index is 1.49. The maximum Gasteiger partial charge on any atom is 0.235 e. The van der Waals surface area contributed by atoms with Crippen molar-refractivity contribution >= 4 is 39.8 Å². The molecule has 1 saturated heterocycles. The van der Waals surface area contributed by atoms with Crippen LogP contribution in [0.15, 0.2) is 18.2 Å². The number of carbonyl (C=O) groups is 5. The van der Waals surface area contributed by atoms with E-state index in [2.05, 4.69) is 4.90 Å². The molecule has 0 spiro atoms. The van der Waals surface area contributed by atoms with Gasteiger partial charge >= 0.3 is 0 Å². The Morgan fingerprint density at radius 1 is 1.09 bits per heavy atom. The number of aromatic hydroxyl groups is 1. The largest absolute Gasteiger partial charge is 0.507 e. The van der Waals surface area contributed by atoms with Crippen LogP contribution in [-0.2, 0) is 32.1 Å². The summed E-state index contributed by atoms with van der Waals surface area (Å²) in [6.07, 6.45) is 1.25. The standard InChI is InChI=1S/C33H40N4O8/c1-35(2)10-11-45-29-18-7-6-16(15-37-8-5-9-37)12-19(18)26(38)23-20(29)13-17-14-21-25(36(3)4)28(40)24(32(34)43)31(42)33(21,44)30(41)22(17)27(23)39/h6-7,12,17,21-22,24-25,38,44H,5,8-11,13-15H2,1-4H3,(H2,34,43). The predicted octanol–water partition coefficient (Wildman–Crippen LogP) is 0.166. The number of benzene rings is 2. The number of hydrogen-bond acceptors (Lipinski definition) is 11. The van der Waals surface area contributed by atoms with Crippen molar-refractivity contribution in [2.45, 2.75) is 37.5 Å². The number of carbonyl (C=O) groups excluding carboxylic acids is 5. The average Bonchev–Trinajstić information content (AvgIpc) is 2.94. The van der Waals surface area contributed by atoms with Gasteiger partial charge in [-0.3, -0.25) is 33.8 Å². The zero-order chi connectivity index (χ0) is 32.5. The number of hydrogen-bond donors (Lipinski definition) is 3. The average molecular weight is 621 g/mol. The summed E-state index contributed by atoms with van der Waals surface area (Å²) in [4.78, 5) is 73.4. The van der Waals surface area contributed by atoms with Crippen molar-refractivity contribution in [3.05, 3.63) is 34.9 Å². The summed E-state index contributed by atoms with van der Waals surface area (Å²) in [6.45, 7) is 3.54. The zero-order valence-electron chi connectivity index (χ0n) is 26.0. The highest BCUT2D eigenvalue weighted by molar-refractivity contribution is 6.32. The third-order valence-corrected chi connectivity index (χ3v) is 10.2. The number of nitrogens with two attached hydrogens (primary N) is 1. The number of phenolic OH excluding ortho intramolecular Hbond substituents is 1. The van der Waals surface area contributed by atoms with Gasteiger partial charge in [0, 0.05) is 35.3 Å². The number of likely N-dealkylation sites (tertiary alicyclic amines) is 1. The lowest BCUT2D eigenvalue weighted by Gasteiger charge is -2.52. The summed E-state index contributed by atoms with van der Waals surface area (Å²) in [7, 11) is 6.95. The molecule has 4 aliphatic rings. The second-order valence-electron chi connectivity index (χ2n) is 13.5. The molecule has 0 aromatic heterocycles. The highest BCUT2D eigenvalue weighted by atomic mass is 16.5. The molecule has 3 fully saturated rings. The van der Waals surface area contributed by atoms with Crippen molar-refractivity contribution in [2.75, 3.05) is 54.4 Å². The SMILES string of the molecule is CN(C)CCOc1c2c(c(O)c3cc(CN4CCC4)ccc13)C(=O)C1C(=O)C3(O)C(=O)C(C(N)=O)C(=O)C(N(C)C)C3CC1C2. The van der Waals surface area contributed by atoms with Gasteiger partial charge in [0.25, 0.3) is 0 Å². The number of aliphatic hydroxyl groups is 1. The lowest BCUT2D eigenvalue weighted by atomic mass is 9.52. The van der Waals surface area contributed by atoms with Crippen molar-refractivity contribution < 1.29 is 38.9 Å². The lowest BCUT2D eigenvalue weighted by molar-refractivity contribution is -0.181. The fourth-order valence-electron chi connectivity index (χ4n) is 7.87. The first kappa shape index (κ1) is 31.3. The molecule has 45 heavy (non-hydrogen) atoms. The van der Waals surface area contributed by atoms with Crippen LogP contribution in [0, 0.1) is 23.7 Å². The molecule has 2 aromatic carbocycles. The fraction of sp³-hybridized carbons (Fsp3) is 0.545. The van der Waals surface area contributed by atoms with E-state index in [1.807, 2.05) is 37.2 Å². The number of ether oxygens (including phenoxy) is 1. The Morgan fingerprint density at radius 3 is 2.40 bits per heavy atom. The number of fused-ring (bicyclic) bond motifs is 4. The highest BCUT2D eigenvalue weighted by Crippen LogP contribution is 2.53. The van der Waals surface area contributed by atoms with Gasteiger partial charge in [0.05, 0.1) is 17.5 Å². The molecule has 12 heteroatoms. The first-order valence-electron chi connectivity index (χ1n) is 15.4. The summed E-state index contributed by atoms with van der Waals surface area (Å²) in [5.74, 6) is -10.3. The monoisotopic (exact) mass is 620 g/mol. The van der Waals surface area contributed by atoms with Gasteiger partial charge in [-0.1, -0.05) is 12.1 Å². The normalized spacial score (nSPS) is 29.9. The van der Waals surface area contributed by atoms with E-state index in [0.29, 0.717) is 41.8 Å². The molecule has 1 amide bonds. The predicted molar refractivity (Wildman–Crippen MR) is 163 cm³/mol. The van der Waals surface area contributed by atoms with Gasteiger partial charge in [0.15, 0.2) is 34.7 Å². The van der Waals surface area contributed by atoms with Crippen molar-refractivity contribution in [1.82, 2.24) is 14.7 Å². The first-order chi connectivity index (χ1) is 21.3. The number of phenols is 1. The van der Waals surface area contributed by atoms with Crippen LogP contribution in [0.5, 0.6) is 11.5 Å². The highest BCUT2D eigenvalue weighted by Gasteiger charge is 2.69. The van der Waals surface area contributed by atoms with E-state index in [1.54, 1.807) is 14.1 Å². The van der Waals surface area contributed by atoms with Crippen molar-refractivity contribution in [2.24, 2.45) is 29.4 Å². The van der Waals surface area contributed by atoms with Gasteiger partial charge in [-0.15, -0.1) is 0 Å². The van der Waals surface area contributed by atoms with E-state index in [-0.39, 0.29) is 24.2 Å². The molecule has 2 saturated carbocycles. The zero-order valence-corrected chi connectivity index (χ0v) is 26.0. The molecule has 6 atom stereocenters. The molecule has 2 aromatic rings. The Kier molecular flexibility index (Phi) is 7.83. The molecule has 240 valence electrons. The van der Waals surface area contributed by atoms with Crippen LogP contribution in [0.3, 0.4) is 0 Å². The summed E-state index contributed by atoms with van der Waals surface area (Å²) in [5.41, 5.74) is 4.01. The summed E-state index contributed by atoms with van der Waals surface area (Å²) in [6, 6.07) is 4.56. The van der Waals surface area contributed by atoms with Crippen molar-refractivity contribution in [1.29, 1.82) is 0 Å². The smallest absolute Gasteiger partial charge is 0.235 e. The third kappa shape index (κ3) is 4.77. The van der Waals surface area contributed by atoms with Gasteiger partial charge in [-0.25, -0.2) is 0 Å². The van der Waals surface area contributed by atoms with E-state index in [0.717, 1.165) is 25.1 Å². The number of primary amides is 1. The van der Waals surface area contributed by atoms with E-state index < -0.39 is 64.4 Å². The number of nitrogens with zero attached hydrogens (tertiary/aromatic N) is 3. The number of rotatable bonds is 8. The summed E-state index contributed by atoms with van der Waals surface area (Å²) in [5, 5.41) is 24.6. The van der Waals surface area contributed by atoms with Gasteiger partial charge in [0.2, 0.25) is 5.91 Å². The van der Waals surface area contributed by atoms with Crippen LogP contribution in [0.4, 0.5) is 0 Å². The van der Waals surface area contributed by atoms with Crippen molar-refractivity contribution in [3.63, 3.8) is 0 Å². The van der Waals surface area contributed by atoms with Crippen LogP contribution in [0.25, 0.3) is 10.8 Å². The molecule has 3 aliphatic carbocycles. The molecular weight excluding hydrogens is 580 g/mol. The third-order valence-electron chi connectivity index (χ3n) is 10.2. The Labute approximate surface area is 261 Å².